The summed E-state index contributed by atoms with van der Waals surface area (Å²) >= 11 is 0. The van der Waals surface area contributed by atoms with E-state index in [9.17, 15) is 18.0 Å². The van der Waals surface area contributed by atoms with Gasteiger partial charge in [0.1, 0.15) is 5.75 Å². The number of methoxy groups -OCH3 is 1. The van der Waals surface area contributed by atoms with E-state index in [-0.39, 0.29) is 22.1 Å². The minimum atomic E-state index is -3.88. The number of rotatable bonds is 6. The molecule has 3 aromatic rings. The third-order valence-electron chi connectivity index (χ3n) is 5.46. The highest BCUT2D eigenvalue weighted by Crippen LogP contribution is 2.34. The summed E-state index contributed by atoms with van der Waals surface area (Å²) in [4.78, 5) is 24.9. The number of ether oxygens (including phenoxy) is 1. The summed E-state index contributed by atoms with van der Waals surface area (Å²) < 4.78 is 33.4. The Morgan fingerprint density at radius 2 is 1.76 bits per heavy atom. The molecule has 2 amide bonds. The Morgan fingerprint density at radius 3 is 2.52 bits per heavy atom. The number of sulfonamides is 1. The fourth-order valence-electron chi connectivity index (χ4n) is 3.79. The molecule has 0 unspecified atom stereocenters. The van der Waals surface area contributed by atoms with Crippen LogP contribution in [0.5, 0.6) is 5.75 Å². The van der Waals surface area contributed by atoms with Gasteiger partial charge in [-0.15, -0.1) is 0 Å². The van der Waals surface area contributed by atoms with Crippen LogP contribution < -0.4 is 19.7 Å². The summed E-state index contributed by atoms with van der Waals surface area (Å²) in [7, 11) is -0.959. The van der Waals surface area contributed by atoms with Gasteiger partial charge < -0.3 is 15.4 Å². The van der Waals surface area contributed by atoms with Gasteiger partial charge >= 0.3 is 0 Å². The number of hydrogen-bond acceptors (Lipinski definition) is 5. The van der Waals surface area contributed by atoms with Crippen LogP contribution in [0.15, 0.2) is 71.6 Å². The zero-order valence-corrected chi connectivity index (χ0v) is 19.0. The van der Waals surface area contributed by atoms with Gasteiger partial charge in [-0.3, -0.25) is 13.9 Å². The first-order valence-corrected chi connectivity index (χ1v) is 11.7. The Balaban J connectivity index is 1.66. The first-order valence-electron chi connectivity index (χ1n) is 10.3. The van der Waals surface area contributed by atoms with E-state index in [0.717, 1.165) is 5.56 Å². The van der Waals surface area contributed by atoms with E-state index in [4.69, 9.17) is 4.74 Å². The van der Waals surface area contributed by atoms with Gasteiger partial charge in [-0.1, -0.05) is 24.3 Å². The molecule has 0 fully saturated rings. The summed E-state index contributed by atoms with van der Waals surface area (Å²) in [5.41, 5.74) is 2.45. The molecule has 0 saturated carbocycles. The van der Waals surface area contributed by atoms with E-state index in [1.807, 2.05) is 12.1 Å². The minimum Gasteiger partial charge on any atom is -0.496 e. The average Bonchev–Trinajstić information content (AvgIpc) is 3.28. The second-order valence-corrected chi connectivity index (χ2v) is 9.29. The highest BCUT2D eigenvalue weighted by atomic mass is 32.2. The molecule has 9 heteroatoms. The normalized spacial score (nSPS) is 12.7. The Bertz CT molecular complexity index is 1340. The van der Waals surface area contributed by atoms with Gasteiger partial charge in [-0.25, -0.2) is 8.42 Å². The zero-order chi connectivity index (χ0) is 23.6. The quantitative estimate of drug-likeness (QED) is 0.582. The van der Waals surface area contributed by atoms with Crippen molar-refractivity contribution in [2.24, 2.45) is 0 Å². The fraction of sp³-hybridized carbons (Fsp3) is 0.167. The highest BCUT2D eigenvalue weighted by molar-refractivity contribution is 7.92. The summed E-state index contributed by atoms with van der Waals surface area (Å²) in [6.45, 7) is 0.335. The molecule has 0 bridgehead atoms. The van der Waals surface area contributed by atoms with Gasteiger partial charge in [0.2, 0.25) is 0 Å². The molecule has 0 radical (unpaired) electrons. The Labute approximate surface area is 192 Å². The number of carbonyl (C=O) groups excluding carboxylic acids is 2. The lowest BCUT2D eigenvalue weighted by atomic mass is 10.1. The maximum atomic E-state index is 13.4. The van der Waals surface area contributed by atoms with Gasteiger partial charge in [0.05, 0.1) is 23.3 Å². The highest BCUT2D eigenvalue weighted by Gasteiger charge is 2.31. The summed E-state index contributed by atoms with van der Waals surface area (Å²) in [6.07, 6.45) is 0.626. The Kier molecular flexibility index (Phi) is 6.06. The van der Waals surface area contributed by atoms with E-state index in [1.54, 1.807) is 30.3 Å². The van der Waals surface area contributed by atoms with Crippen molar-refractivity contribution < 1.29 is 22.7 Å². The van der Waals surface area contributed by atoms with E-state index >= 15 is 0 Å². The van der Waals surface area contributed by atoms with E-state index in [0.29, 0.717) is 29.9 Å². The van der Waals surface area contributed by atoms with E-state index in [1.165, 1.54) is 42.7 Å². The molecule has 0 spiro atoms. The minimum absolute atomic E-state index is 0.00994. The van der Waals surface area contributed by atoms with Crippen molar-refractivity contribution >= 4 is 33.2 Å². The first kappa shape index (κ1) is 22.3. The number of para-hydroxylation sites is 1. The third-order valence-corrected chi connectivity index (χ3v) is 7.27. The van der Waals surface area contributed by atoms with Gasteiger partial charge in [0, 0.05) is 24.8 Å². The summed E-state index contributed by atoms with van der Waals surface area (Å²) in [6, 6.07) is 18.0. The molecule has 1 aliphatic rings. The van der Waals surface area contributed by atoms with Crippen molar-refractivity contribution in [1.82, 2.24) is 5.32 Å². The molecule has 0 aliphatic carbocycles. The van der Waals surface area contributed by atoms with Gasteiger partial charge in [0.25, 0.3) is 21.8 Å². The lowest BCUT2D eigenvalue weighted by molar-refractivity contribution is 0.0961. The molecule has 0 aromatic heterocycles. The van der Waals surface area contributed by atoms with Crippen LogP contribution in [-0.2, 0) is 16.4 Å². The fourth-order valence-corrected chi connectivity index (χ4v) is 5.32. The average molecular weight is 466 g/mol. The predicted molar refractivity (Wildman–Crippen MR) is 125 cm³/mol. The number of benzene rings is 3. The van der Waals surface area contributed by atoms with Crippen LogP contribution in [0.4, 0.5) is 11.4 Å². The molecule has 170 valence electrons. The van der Waals surface area contributed by atoms with Crippen molar-refractivity contribution in [3.8, 4) is 5.75 Å². The molecule has 4 rings (SSSR count). The van der Waals surface area contributed by atoms with Crippen LogP contribution in [0.25, 0.3) is 0 Å². The molecular formula is C24H23N3O5S. The molecule has 1 aliphatic heterocycles. The smallest absolute Gasteiger partial charge is 0.264 e. The maximum Gasteiger partial charge on any atom is 0.264 e. The molecule has 0 atom stereocenters. The van der Waals surface area contributed by atoms with Crippen LogP contribution in [0, 0.1) is 0 Å². The van der Waals surface area contributed by atoms with E-state index < -0.39 is 15.9 Å². The van der Waals surface area contributed by atoms with E-state index in [2.05, 4.69) is 10.6 Å². The van der Waals surface area contributed by atoms with Crippen LogP contribution in [-0.4, -0.2) is 40.9 Å². The van der Waals surface area contributed by atoms with Gasteiger partial charge in [-0.2, -0.15) is 0 Å². The molecule has 2 N–H and O–H groups in total. The summed E-state index contributed by atoms with van der Waals surface area (Å²) in [5, 5.41) is 5.24. The SMILES string of the molecule is CNC(=O)c1cccc(NC(=O)c2cc(S(=O)(=O)N3CCc4ccccc43)ccc2OC)c1. The maximum absolute atomic E-state index is 13.4. The number of nitrogens with one attached hydrogen (secondary N) is 2. The third kappa shape index (κ3) is 4.27. The largest absolute Gasteiger partial charge is 0.496 e. The number of fused-ring (bicyclic) bond motifs is 1. The van der Waals surface area contributed by atoms with Crippen molar-refractivity contribution in [3.63, 3.8) is 0 Å². The number of hydrogen-bond donors (Lipinski definition) is 2. The second-order valence-electron chi connectivity index (χ2n) is 7.43. The van der Waals surface area contributed by atoms with Crippen LogP contribution in [0.1, 0.15) is 26.3 Å². The van der Waals surface area contributed by atoms with Crippen LogP contribution >= 0.6 is 0 Å². The zero-order valence-electron chi connectivity index (χ0n) is 18.2. The molecule has 3 aromatic carbocycles. The molecule has 1 heterocycles. The van der Waals surface area contributed by atoms with Crippen molar-refractivity contribution in [1.29, 1.82) is 0 Å². The number of carbonyl (C=O) groups is 2. The predicted octanol–water partition coefficient (Wildman–Crippen LogP) is 3.06. The molecule has 8 nitrogen and oxygen atoms in total. The van der Waals surface area contributed by atoms with Gasteiger partial charge in [-0.05, 0) is 54.4 Å². The van der Waals surface area contributed by atoms with Crippen molar-refractivity contribution in [2.75, 3.05) is 30.3 Å². The number of anilines is 2. The first-order chi connectivity index (χ1) is 15.8. The Hall–Kier alpha value is -3.85. The standard InChI is InChI=1S/C24H23N3O5S/c1-25-23(28)17-7-5-8-18(14-17)26-24(29)20-15-19(10-11-22(20)32-2)33(30,31)27-13-12-16-6-3-4-9-21(16)27/h3-11,14-15H,12-13H2,1-2H3,(H,25,28)(H,26,29). The lowest BCUT2D eigenvalue weighted by Crippen LogP contribution is -2.29. The molecule has 33 heavy (non-hydrogen) atoms. The number of amides is 2. The van der Waals surface area contributed by atoms with Gasteiger partial charge in [0.15, 0.2) is 0 Å². The monoisotopic (exact) mass is 465 g/mol. The van der Waals surface area contributed by atoms with Crippen LogP contribution in [0.2, 0.25) is 0 Å². The van der Waals surface area contributed by atoms with Crippen molar-refractivity contribution in [3.05, 3.63) is 83.4 Å². The number of nitrogens with zero attached hydrogens (tertiary/aromatic N) is 1. The second kappa shape index (κ2) is 8.95. The lowest BCUT2D eigenvalue weighted by Gasteiger charge is -2.20. The summed E-state index contributed by atoms with van der Waals surface area (Å²) in [5.74, 6) is -0.613. The van der Waals surface area contributed by atoms with Crippen molar-refractivity contribution in [2.45, 2.75) is 11.3 Å². The molecular weight excluding hydrogens is 442 g/mol. The molecule has 0 saturated heterocycles. The Morgan fingerprint density at radius 1 is 0.970 bits per heavy atom. The van der Waals surface area contributed by atoms with Crippen LogP contribution in [0.3, 0.4) is 0 Å². The topological polar surface area (TPSA) is 105 Å².